The first-order valence-corrected chi connectivity index (χ1v) is 11.8. The van der Waals surface area contributed by atoms with Crippen LogP contribution in [0.25, 0.3) is 22.5 Å². The second-order valence-electron chi connectivity index (χ2n) is 8.13. The number of hydrogen-bond acceptors (Lipinski definition) is 4. The molecule has 0 saturated heterocycles. The molecule has 1 aromatic heterocycles. The first-order chi connectivity index (χ1) is 15.4. The molecule has 0 unspecified atom stereocenters. The van der Waals surface area contributed by atoms with Crippen molar-refractivity contribution in [1.29, 1.82) is 0 Å². The lowest BCUT2D eigenvalue weighted by Crippen LogP contribution is -2.23. The summed E-state index contributed by atoms with van der Waals surface area (Å²) in [6.45, 7) is 3.55. The van der Waals surface area contributed by atoms with Crippen LogP contribution in [0.5, 0.6) is 0 Å². The van der Waals surface area contributed by atoms with E-state index in [2.05, 4.69) is 16.1 Å². The molecule has 6 nitrogen and oxygen atoms in total. The Labute approximate surface area is 190 Å². The Morgan fingerprint density at radius 3 is 2.33 bits per heavy atom. The molecule has 1 aliphatic rings. The van der Waals surface area contributed by atoms with Gasteiger partial charge in [-0.2, -0.15) is 18.3 Å². The molecule has 0 saturated carbocycles. The van der Waals surface area contributed by atoms with Crippen molar-refractivity contribution in [3.05, 3.63) is 71.4 Å². The molecule has 0 spiro atoms. The van der Waals surface area contributed by atoms with Crippen molar-refractivity contribution in [2.75, 3.05) is 20.1 Å². The number of benzene rings is 2. The Morgan fingerprint density at radius 2 is 1.76 bits per heavy atom. The van der Waals surface area contributed by atoms with Gasteiger partial charge in [-0.05, 0) is 73.5 Å². The standard InChI is InChI=1S/C23H23F3N4O2S/c1-15-3-4-17(16-9-11-29(2)12-10-16)13-20(15)21-14-22(23(24,25)26)28-30(21)18-5-7-19(8-6-18)33(27,31)32/h3-9,13-14H,10-12H2,1-2H3,(H2,27,31,32). The van der Waals surface area contributed by atoms with Crippen LogP contribution in [0.15, 0.2) is 59.5 Å². The molecule has 0 bridgehead atoms. The third kappa shape index (κ3) is 4.87. The summed E-state index contributed by atoms with van der Waals surface area (Å²) in [5, 5.41) is 8.94. The van der Waals surface area contributed by atoms with E-state index in [1.54, 1.807) is 0 Å². The molecule has 2 N–H and O–H groups in total. The summed E-state index contributed by atoms with van der Waals surface area (Å²) in [6, 6.07) is 12.0. The van der Waals surface area contributed by atoms with Gasteiger partial charge in [-0.3, -0.25) is 0 Å². The van der Waals surface area contributed by atoms with Crippen LogP contribution in [0.4, 0.5) is 13.2 Å². The van der Waals surface area contributed by atoms with Crippen LogP contribution in [-0.2, 0) is 16.2 Å². The topological polar surface area (TPSA) is 81.2 Å². The molecule has 2 heterocycles. The van der Waals surface area contributed by atoms with E-state index in [9.17, 15) is 21.6 Å². The molecule has 0 amide bonds. The Bertz CT molecular complexity index is 1330. The van der Waals surface area contributed by atoms with Gasteiger partial charge >= 0.3 is 6.18 Å². The smallest absolute Gasteiger partial charge is 0.302 e. The van der Waals surface area contributed by atoms with E-state index in [0.29, 0.717) is 5.56 Å². The number of nitrogens with two attached hydrogens (primary N) is 1. The van der Waals surface area contributed by atoms with Crippen LogP contribution in [0.2, 0.25) is 0 Å². The van der Waals surface area contributed by atoms with Crippen LogP contribution >= 0.6 is 0 Å². The first kappa shape index (κ1) is 23.2. The molecule has 33 heavy (non-hydrogen) atoms. The van der Waals surface area contributed by atoms with Gasteiger partial charge in [0.1, 0.15) is 0 Å². The minimum Gasteiger partial charge on any atom is -0.302 e. The molecule has 10 heteroatoms. The van der Waals surface area contributed by atoms with Gasteiger partial charge in [0.25, 0.3) is 0 Å². The lowest BCUT2D eigenvalue weighted by atomic mass is 9.94. The number of primary sulfonamides is 1. The SMILES string of the molecule is Cc1ccc(C2=CCN(C)CC2)cc1-c1cc(C(F)(F)F)nn1-c1ccc(S(N)(=O)=O)cc1. The van der Waals surface area contributed by atoms with Crippen LogP contribution in [0, 0.1) is 6.92 Å². The molecule has 3 aromatic rings. The number of rotatable bonds is 4. The van der Waals surface area contributed by atoms with Gasteiger partial charge in [0.15, 0.2) is 5.69 Å². The molecular formula is C23H23F3N4O2S. The third-order valence-electron chi connectivity index (χ3n) is 5.71. The molecule has 4 rings (SSSR count). The maximum Gasteiger partial charge on any atom is 0.435 e. The largest absolute Gasteiger partial charge is 0.435 e. The average molecular weight is 477 g/mol. The summed E-state index contributed by atoms with van der Waals surface area (Å²) in [5.41, 5.74) is 3.03. The normalized spacial score (nSPS) is 15.5. The minimum absolute atomic E-state index is 0.136. The van der Waals surface area contributed by atoms with Crippen molar-refractivity contribution in [1.82, 2.24) is 14.7 Å². The fourth-order valence-electron chi connectivity index (χ4n) is 3.82. The highest BCUT2D eigenvalue weighted by atomic mass is 32.2. The monoisotopic (exact) mass is 476 g/mol. The lowest BCUT2D eigenvalue weighted by Gasteiger charge is -2.22. The second-order valence-corrected chi connectivity index (χ2v) is 9.70. The third-order valence-corrected chi connectivity index (χ3v) is 6.64. The van der Waals surface area contributed by atoms with Gasteiger partial charge in [-0.1, -0.05) is 18.2 Å². The number of aryl methyl sites for hydroxylation is 1. The van der Waals surface area contributed by atoms with Gasteiger partial charge in [0.2, 0.25) is 10.0 Å². The summed E-state index contributed by atoms with van der Waals surface area (Å²) in [6.07, 6.45) is -1.66. The van der Waals surface area contributed by atoms with E-state index in [-0.39, 0.29) is 16.3 Å². The highest BCUT2D eigenvalue weighted by Gasteiger charge is 2.35. The van der Waals surface area contributed by atoms with Crippen LogP contribution in [0.1, 0.15) is 23.2 Å². The Hall–Kier alpha value is -2.95. The summed E-state index contributed by atoms with van der Waals surface area (Å²) in [7, 11) is -1.90. The van der Waals surface area contributed by atoms with Crippen LogP contribution in [0.3, 0.4) is 0 Å². The fourth-order valence-corrected chi connectivity index (χ4v) is 4.33. The predicted octanol–water partition coefficient (Wildman–Crippen LogP) is 4.23. The Kier molecular flexibility index (Phi) is 5.94. The molecule has 0 radical (unpaired) electrons. The van der Waals surface area contributed by atoms with E-state index < -0.39 is 21.9 Å². The quantitative estimate of drug-likeness (QED) is 0.611. The van der Waals surface area contributed by atoms with E-state index in [0.717, 1.165) is 42.3 Å². The van der Waals surface area contributed by atoms with Crippen molar-refractivity contribution in [2.45, 2.75) is 24.4 Å². The highest BCUT2D eigenvalue weighted by Crippen LogP contribution is 2.36. The zero-order chi connectivity index (χ0) is 24.0. The number of hydrogen-bond donors (Lipinski definition) is 1. The van der Waals surface area contributed by atoms with Crippen molar-refractivity contribution in [3.8, 4) is 16.9 Å². The van der Waals surface area contributed by atoms with Crippen LogP contribution in [-0.4, -0.2) is 43.2 Å². The number of likely N-dealkylation sites (N-methyl/N-ethyl adjacent to an activating group) is 1. The maximum atomic E-state index is 13.6. The van der Waals surface area contributed by atoms with E-state index in [4.69, 9.17) is 5.14 Å². The minimum atomic E-state index is -4.64. The Morgan fingerprint density at radius 1 is 1.06 bits per heavy atom. The second kappa shape index (κ2) is 8.44. The van der Waals surface area contributed by atoms with E-state index in [1.165, 1.54) is 28.9 Å². The molecular weight excluding hydrogens is 453 g/mol. The zero-order valence-corrected chi connectivity index (χ0v) is 18.9. The fraction of sp³-hybridized carbons (Fsp3) is 0.261. The molecule has 0 fully saturated rings. The summed E-state index contributed by atoms with van der Waals surface area (Å²) < 4.78 is 65.0. The molecule has 174 valence electrons. The van der Waals surface area contributed by atoms with Gasteiger partial charge in [0, 0.05) is 18.7 Å². The molecule has 1 aliphatic heterocycles. The molecule has 2 aromatic carbocycles. The predicted molar refractivity (Wildman–Crippen MR) is 120 cm³/mol. The average Bonchev–Trinajstić information content (AvgIpc) is 3.20. The summed E-state index contributed by atoms with van der Waals surface area (Å²) in [4.78, 5) is 2.05. The summed E-state index contributed by atoms with van der Waals surface area (Å²) >= 11 is 0. The molecule has 0 aliphatic carbocycles. The number of alkyl halides is 3. The van der Waals surface area contributed by atoms with Crippen molar-refractivity contribution in [2.24, 2.45) is 5.14 Å². The highest BCUT2D eigenvalue weighted by molar-refractivity contribution is 7.89. The maximum absolute atomic E-state index is 13.6. The van der Waals surface area contributed by atoms with Gasteiger partial charge in [-0.25, -0.2) is 18.2 Å². The van der Waals surface area contributed by atoms with Gasteiger partial charge in [-0.15, -0.1) is 0 Å². The van der Waals surface area contributed by atoms with E-state index in [1.807, 2.05) is 32.2 Å². The number of sulfonamides is 1. The van der Waals surface area contributed by atoms with Crippen LogP contribution < -0.4 is 5.14 Å². The van der Waals surface area contributed by atoms with Crippen molar-refractivity contribution >= 4 is 15.6 Å². The Balaban J connectivity index is 1.86. The van der Waals surface area contributed by atoms with Gasteiger partial charge < -0.3 is 4.90 Å². The van der Waals surface area contributed by atoms with E-state index >= 15 is 0 Å². The first-order valence-electron chi connectivity index (χ1n) is 10.2. The lowest BCUT2D eigenvalue weighted by molar-refractivity contribution is -0.141. The zero-order valence-electron chi connectivity index (χ0n) is 18.1. The number of halogens is 3. The van der Waals surface area contributed by atoms with Gasteiger partial charge in [0.05, 0.1) is 16.3 Å². The number of nitrogens with zero attached hydrogens (tertiary/aromatic N) is 3. The van der Waals surface area contributed by atoms with Crippen molar-refractivity contribution in [3.63, 3.8) is 0 Å². The number of aromatic nitrogens is 2. The molecule has 0 atom stereocenters. The van der Waals surface area contributed by atoms with Crippen molar-refractivity contribution < 1.29 is 21.6 Å². The summed E-state index contributed by atoms with van der Waals surface area (Å²) in [5.74, 6) is 0.